The third-order valence-electron chi connectivity index (χ3n) is 3.04. The highest BCUT2D eigenvalue weighted by Gasteiger charge is 2.16. The van der Waals surface area contributed by atoms with Crippen LogP contribution in [0.1, 0.15) is 22.7 Å². The van der Waals surface area contributed by atoms with Crippen LogP contribution in [0.4, 0.5) is 8.78 Å². The Morgan fingerprint density at radius 1 is 1.16 bits per heavy atom. The molecule has 2 aromatic carbocycles. The maximum absolute atomic E-state index is 13.7. The van der Waals surface area contributed by atoms with Gasteiger partial charge in [0.1, 0.15) is 11.6 Å². The number of nitrogens with two attached hydrogens (primary N) is 1. The molecule has 0 spiro atoms. The third-order valence-corrected chi connectivity index (χ3v) is 3.39. The Balaban J connectivity index is 2.31. The van der Waals surface area contributed by atoms with E-state index in [2.05, 4.69) is 0 Å². The molecular formula is C15H14ClF2N. The van der Waals surface area contributed by atoms with Crippen molar-refractivity contribution in [2.45, 2.75) is 19.4 Å². The minimum atomic E-state index is -0.630. The van der Waals surface area contributed by atoms with Crippen LogP contribution in [0.2, 0.25) is 5.02 Å². The van der Waals surface area contributed by atoms with Crippen LogP contribution in [-0.2, 0) is 6.42 Å². The number of hydrogen-bond donors (Lipinski definition) is 1. The average molecular weight is 282 g/mol. The van der Waals surface area contributed by atoms with E-state index in [0.29, 0.717) is 16.1 Å². The topological polar surface area (TPSA) is 26.0 Å². The highest BCUT2D eigenvalue weighted by molar-refractivity contribution is 6.31. The van der Waals surface area contributed by atoms with Crippen LogP contribution in [-0.4, -0.2) is 0 Å². The first-order chi connectivity index (χ1) is 8.99. The van der Waals surface area contributed by atoms with Crippen molar-refractivity contribution in [2.24, 2.45) is 5.73 Å². The van der Waals surface area contributed by atoms with Crippen molar-refractivity contribution in [2.75, 3.05) is 0 Å². The second kappa shape index (κ2) is 5.68. The van der Waals surface area contributed by atoms with E-state index in [9.17, 15) is 8.78 Å². The van der Waals surface area contributed by atoms with Crippen LogP contribution >= 0.6 is 11.6 Å². The second-order valence-electron chi connectivity index (χ2n) is 4.54. The Labute approximate surface area is 116 Å². The van der Waals surface area contributed by atoms with Crippen molar-refractivity contribution in [3.8, 4) is 0 Å². The smallest absolute Gasteiger partial charge is 0.128 e. The fraction of sp³-hybridized carbons (Fsp3) is 0.200. The van der Waals surface area contributed by atoms with Gasteiger partial charge in [-0.25, -0.2) is 8.78 Å². The molecule has 0 amide bonds. The summed E-state index contributed by atoms with van der Waals surface area (Å²) in [5, 5.41) is 0.309. The first kappa shape index (κ1) is 14.0. The summed E-state index contributed by atoms with van der Waals surface area (Å²) in [7, 11) is 0. The molecule has 0 aliphatic rings. The molecule has 1 nitrogen and oxygen atoms in total. The molecule has 0 saturated carbocycles. The zero-order chi connectivity index (χ0) is 14.0. The van der Waals surface area contributed by atoms with E-state index in [4.69, 9.17) is 17.3 Å². The van der Waals surface area contributed by atoms with Gasteiger partial charge in [0, 0.05) is 22.2 Å². The zero-order valence-electron chi connectivity index (χ0n) is 10.5. The van der Waals surface area contributed by atoms with Crippen LogP contribution in [0.15, 0.2) is 36.4 Å². The molecule has 1 atom stereocenters. The Kier molecular flexibility index (Phi) is 4.17. The Hall–Kier alpha value is -1.45. The largest absolute Gasteiger partial charge is 0.324 e. The molecule has 0 saturated heterocycles. The summed E-state index contributed by atoms with van der Waals surface area (Å²) in [5.41, 5.74) is 7.57. The van der Waals surface area contributed by atoms with Crippen LogP contribution in [0.3, 0.4) is 0 Å². The third kappa shape index (κ3) is 3.11. The second-order valence-corrected chi connectivity index (χ2v) is 4.94. The molecule has 0 bridgehead atoms. The van der Waals surface area contributed by atoms with Gasteiger partial charge in [0.15, 0.2) is 0 Å². The molecular weight excluding hydrogens is 268 g/mol. The fourth-order valence-electron chi connectivity index (χ4n) is 2.00. The van der Waals surface area contributed by atoms with Gasteiger partial charge in [-0.05, 0) is 31.5 Å². The number of rotatable bonds is 3. The molecule has 0 radical (unpaired) electrons. The lowest BCUT2D eigenvalue weighted by Crippen LogP contribution is -2.16. The monoisotopic (exact) mass is 281 g/mol. The molecule has 0 aliphatic heterocycles. The van der Waals surface area contributed by atoms with Gasteiger partial charge in [0.25, 0.3) is 0 Å². The lowest BCUT2D eigenvalue weighted by Gasteiger charge is -2.15. The van der Waals surface area contributed by atoms with Gasteiger partial charge < -0.3 is 5.73 Å². The van der Waals surface area contributed by atoms with Gasteiger partial charge in [0.05, 0.1) is 0 Å². The van der Waals surface area contributed by atoms with E-state index in [1.807, 2.05) is 6.92 Å². The Morgan fingerprint density at radius 2 is 1.89 bits per heavy atom. The number of aryl methyl sites for hydroxylation is 1. The fourth-order valence-corrected chi connectivity index (χ4v) is 2.24. The Bertz CT molecular complexity index is 578. The maximum Gasteiger partial charge on any atom is 0.128 e. The van der Waals surface area contributed by atoms with Crippen molar-refractivity contribution < 1.29 is 8.78 Å². The van der Waals surface area contributed by atoms with Gasteiger partial charge in [-0.1, -0.05) is 35.4 Å². The summed E-state index contributed by atoms with van der Waals surface area (Å²) in [6, 6.07) is 8.53. The van der Waals surface area contributed by atoms with E-state index in [0.717, 1.165) is 5.56 Å². The summed E-state index contributed by atoms with van der Waals surface area (Å²) >= 11 is 5.94. The summed E-state index contributed by atoms with van der Waals surface area (Å²) in [4.78, 5) is 0. The predicted octanol–water partition coefficient (Wildman–Crippen LogP) is 4.17. The molecule has 2 aromatic rings. The molecule has 1 unspecified atom stereocenters. The number of halogens is 3. The molecule has 100 valence electrons. The van der Waals surface area contributed by atoms with E-state index < -0.39 is 11.9 Å². The van der Waals surface area contributed by atoms with Crippen molar-refractivity contribution in [3.05, 3.63) is 69.7 Å². The molecule has 19 heavy (non-hydrogen) atoms. The SMILES string of the molecule is Cc1ccc(F)c(C(N)Cc2c(F)cccc2Cl)c1. The van der Waals surface area contributed by atoms with Gasteiger partial charge in [-0.3, -0.25) is 0 Å². The predicted molar refractivity (Wildman–Crippen MR) is 73.2 cm³/mol. The van der Waals surface area contributed by atoms with Crippen LogP contribution in [0.25, 0.3) is 0 Å². The van der Waals surface area contributed by atoms with Crippen molar-refractivity contribution in [1.82, 2.24) is 0 Å². The highest BCUT2D eigenvalue weighted by Crippen LogP contribution is 2.26. The first-order valence-corrected chi connectivity index (χ1v) is 6.31. The first-order valence-electron chi connectivity index (χ1n) is 5.93. The van der Waals surface area contributed by atoms with Gasteiger partial charge in [0.2, 0.25) is 0 Å². The quantitative estimate of drug-likeness (QED) is 0.898. The van der Waals surface area contributed by atoms with E-state index in [-0.39, 0.29) is 12.2 Å². The van der Waals surface area contributed by atoms with E-state index in [1.54, 1.807) is 18.2 Å². The lowest BCUT2D eigenvalue weighted by molar-refractivity contribution is 0.563. The number of benzene rings is 2. The van der Waals surface area contributed by atoms with Crippen LogP contribution < -0.4 is 5.73 Å². The van der Waals surface area contributed by atoms with Crippen molar-refractivity contribution in [3.63, 3.8) is 0 Å². The molecule has 0 aromatic heterocycles. The zero-order valence-corrected chi connectivity index (χ0v) is 11.2. The molecule has 2 rings (SSSR count). The summed E-state index contributed by atoms with van der Waals surface area (Å²) < 4.78 is 27.4. The van der Waals surface area contributed by atoms with E-state index in [1.165, 1.54) is 18.2 Å². The summed E-state index contributed by atoms with van der Waals surface area (Å²) in [6.45, 7) is 1.85. The summed E-state index contributed by atoms with van der Waals surface area (Å²) in [6.07, 6.45) is 0.159. The maximum atomic E-state index is 13.7. The number of hydrogen-bond acceptors (Lipinski definition) is 1. The molecule has 0 heterocycles. The van der Waals surface area contributed by atoms with Crippen LogP contribution in [0, 0.1) is 18.6 Å². The van der Waals surface area contributed by atoms with Gasteiger partial charge >= 0.3 is 0 Å². The lowest BCUT2D eigenvalue weighted by atomic mass is 9.97. The van der Waals surface area contributed by atoms with E-state index >= 15 is 0 Å². The van der Waals surface area contributed by atoms with Crippen molar-refractivity contribution in [1.29, 1.82) is 0 Å². The molecule has 2 N–H and O–H groups in total. The standard InChI is InChI=1S/C15H14ClF2N/c1-9-5-6-14(18)11(7-9)15(19)8-10-12(16)3-2-4-13(10)17/h2-7,15H,8,19H2,1H3. The van der Waals surface area contributed by atoms with Gasteiger partial charge in [-0.2, -0.15) is 0 Å². The molecule has 0 fully saturated rings. The summed E-state index contributed by atoms with van der Waals surface area (Å²) in [5.74, 6) is -0.804. The van der Waals surface area contributed by atoms with Crippen molar-refractivity contribution >= 4 is 11.6 Å². The minimum absolute atomic E-state index is 0.159. The minimum Gasteiger partial charge on any atom is -0.324 e. The molecule has 4 heteroatoms. The Morgan fingerprint density at radius 3 is 2.58 bits per heavy atom. The normalized spacial score (nSPS) is 12.5. The van der Waals surface area contributed by atoms with Gasteiger partial charge in [-0.15, -0.1) is 0 Å². The highest BCUT2D eigenvalue weighted by atomic mass is 35.5. The molecule has 0 aliphatic carbocycles. The average Bonchev–Trinajstić information content (AvgIpc) is 2.37. The van der Waals surface area contributed by atoms with Crippen LogP contribution in [0.5, 0.6) is 0 Å².